The van der Waals surface area contributed by atoms with Crippen LogP contribution >= 0.6 is 11.3 Å². The Morgan fingerprint density at radius 3 is 2.58 bits per heavy atom. The molecule has 1 aromatic heterocycles. The lowest BCUT2D eigenvalue weighted by Crippen LogP contribution is -2.32. The SMILES string of the molecule is Cc1sc(C(=O)NCC(C)S(C)=O)cc1S(N)(=O)=O. The van der Waals surface area contributed by atoms with Gasteiger partial charge in [0.25, 0.3) is 5.91 Å². The van der Waals surface area contributed by atoms with Gasteiger partial charge in [0.05, 0.1) is 9.77 Å². The van der Waals surface area contributed by atoms with Gasteiger partial charge in [0.2, 0.25) is 10.0 Å². The Bertz CT molecular complexity index is 606. The Morgan fingerprint density at radius 2 is 2.16 bits per heavy atom. The minimum atomic E-state index is -3.81. The van der Waals surface area contributed by atoms with E-state index in [1.165, 1.54) is 6.07 Å². The highest BCUT2D eigenvalue weighted by Crippen LogP contribution is 2.24. The van der Waals surface area contributed by atoms with Crippen LogP contribution in [0.4, 0.5) is 0 Å². The molecule has 0 aromatic carbocycles. The van der Waals surface area contributed by atoms with Crippen molar-refractivity contribution in [2.75, 3.05) is 12.8 Å². The zero-order valence-corrected chi connectivity index (χ0v) is 13.2. The van der Waals surface area contributed by atoms with Gasteiger partial charge in [0.1, 0.15) is 0 Å². The quantitative estimate of drug-likeness (QED) is 0.807. The molecule has 0 saturated carbocycles. The number of nitrogens with two attached hydrogens (primary N) is 1. The van der Waals surface area contributed by atoms with Crippen molar-refractivity contribution in [1.29, 1.82) is 0 Å². The Balaban J connectivity index is 2.82. The van der Waals surface area contributed by atoms with Crippen LogP contribution in [0, 0.1) is 6.92 Å². The maximum absolute atomic E-state index is 11.8. The lowest BCUT2D eigenvalue weighted by atomic mass is 10.4. The maximum atomic E-state index is 11.8. The first kappa shape index (κ1) is 16.3. The second-order valence-corrected chi connectivity index (χ2v) is 8.68. The monoisotopic (exact) mass is 324 g/mol. The number of rotatable bonds is 5. The van der Waals surface area contributed by atoms with Crippen LogP contribution in [0.1, 0.15) is 21.5 Å². The number of primary sulfonamides is 1. The Morgan fingerprint density at radius 1 is 1.58 bits per heavy atom. The molecule has 0 bridgehead atoms. The summed E-state index contributed by atoms with van der Waals surface area (Å²) >= 11 is 1.06. The molecule has 9 heteroatoms. The fraction of sp³-hybridized carbons (Fsp3) is 0.500. The summed E-state index contributed by atoms with van der Waals surface area (Å²) < 4.78 is 33.7. The molecule has 1 amide bonds. The highest BCUT2D eigenvalue weighted by atomic mass is 32.2. The predicted molar refractivity (Wildman–Crippen MR) is 76.3 cm³/mol. The molecule has 19 heavy (non-hydrogen) atoms. The summed E-state index contributed by atoms with van der Waals surface area (Å²) in [5.41, 5.74) is 0. The van der Waals surface area contributed by atoms with Crippen molar-refractivity contribution in [2.24, 2.45) is 5.14 Å². The van der Waals surface area contributed by atoms with E-state index in [2.05, 4.69) is 5.32 Å². The molecule has 0 aliphatic heterocycles. The van der Waals surface area contributed by atoms with Crippen molar-refractivity contribution in [2.45, 2.75) is 24.0 Å². The molecule has 1 aromatic rings. The number of carbonyl (C=O) groups is 1. The average molecular weight is 324 g/mol. The molecule has 1 heterocycles. The van der Waals surface area contributed by atoms with Gasteiger partial charge in [0.15, 0.2) is 0 Å². The summed E-state index contributed by atoms with van der Waals surface area (Å²) in [6.07, 6.45) is 1.56. The summed E-state index contributed by atoms with van der Waals surface area (Å²) in [4.78, 5) is 12.5. The third kappa shape index (κ3) is 4.37. The molecule has 2 atom stereocenters. The van der Waals surface area contributed by atoms with Crippen LogP contribution in [-0.2, 0) is 20.8 Å². The predicted octanol–water partition coefficient (Wildman–Crippen LogP) is 0.201. The van der Waals surface area contributed by atoms with Gasteiger partial charge >= 0.3 is 0 Å². The van der Waals surface area contributed by atoms with E-state index in [1.807, 2.05) is 0 Å². The molecule has 2 unspecified atom stereocenters. The number of nitrogens with one attached hydrogen (secondary N) is 1. The minimum Gasteiger partial charge on any atom is -0.350 e. The molecule has 1 rings (SSSR count). The number of hydrogen-bond donors (Lipinski definition) is 2. The van der Waals surface area contributed by atoms with Gasteiger partial charge in [-0.3, -0.25) is 9.00 Å². The van der Waals surface area contributed by atoms with Crippen LogP contribution in [-0.4, -0.2) is 36.6 Å². The third-order valence-electron chi connectivity index (χ3n) is 2.52. The normalized spacial score (nSPS) is 14.9. The van der Waals surface area contributed by atoms with Crippen LogP contribution in [0.3, 0.4) is 0 Å². The number of carbonyl (C=O) groups excluding carboxylic acids is 1. The Kier molecular flexibility index (Phi) is 5.25. The third-order valence-corrected chi connectivity index (χ3v) is 6.03. The molecule has 0 radical (unpaired) electrons. The average Bonchev–Trinajstić information content (AvgIpc) is 2.67. The molecular weight excluding hydrogens is 308 g/mol. The van der Waals surface area contributed by atoms with Gasteiger partial charge in [-0.05, 0) is 19.9 Å². The first-order valence-corrected chi connectivity index (χ1v) is 9.35. The van der Waals surface area contributed by atoms with E-state index in [4.69, 9.17) is 5.14 Å². The summed E-state index contributed by atoms with van der Waals surface area (Å²) in [5.74, 6) is -0.389. The second-order valence-electron chi connectivity index (χ2n) is 4.10. The number of hydrogen-bond acceptors (Lipinski definition) is 5. The number of amides is 1. The lowest BCUT2D eigenvalue weighted by molar-refractivity contribution is 0.0958. The molecule has 0 spiro atoms. The summed E-state index contributed by atoms with van der Waals surface area (Å²) in [7, 11) is -4.83. The van der Waals surface area contributed by atoms with Crippen LogP contribution in [0.5, 0.6) is 0 Å². The molecule has 0 fully saturated rings. The van der Waals surface area contributed by atoms with Gasteiger partial charge in [-0.2, -0.15) is 0 Å². The van der Waals surface area contributed by atoms with E-state index in [1.54, 1.807) is 20.1 Å². The molecule has 6 nitrogen and oxygen atoms in total. The summed E-state index contributed by atoms with van der Waals surface area (Å²) in [5, 5.41) is 7.49. The van der Waals surface area contributed by atoms with Crippen molar-refractivity contribution in [3.63, 3.8) is 0 Å². The van der Waals surface area contributed by atoms with Gasteiger partial charge in [-0.25, -0.2) is 13.6 Å². The van der Waals surface area contributed by atoms with Crippen LogP contribution in [0.15, 0.2) is 11.0 Å². The van der Waals surface area contributed by atoms with E-state index >= 15 is 0 Å². The molecule has 0 saturated heterocycles. The van der Waals surface area contributed by atoms with Crippen molar-refractivity contribution in [3.8, 4) is 0 Å². The summed E-state index contributed by atoms with van der Waals surface area (Å²) in [6, 6.07) is 1.26. The smallest absolute Gasteiger partial charge is 0.261 e. The lowest BCUT2D eigenvalue weighted by Gasteiger charge is -2.08. The van der Waals surface area contributed by atoms with E-state index in [-0.39, 0.29) is 27.5 Å². The maximum Gasteiger partial charge on any atom is 0.261 e. The van der Waals surface area contributed by atoms with Crippen LogP contribution < -0.4 is 10.5 Å². The second kappa shape index (κ2) is 6.12. The van der Waals surface area contributed by atoms with Crippen LogP contribution in [0.2, 0.25) is 0 Å². The van der Waals surface area contributed by atoms with Gasteiger partial charge < -0.3 is 5.32 Å². The number of sulfonamides is 1. The van der Waals surface area contributed by atoms with E-state index in [0.29, 0.717) is 4.88 Å². The highest BCUT2D eigenvalue weighted by molar-refractivity contribution is 7.89. The standard InChI is InChI=1S/C10H16N2O4S3/c1-6(18(3)14)5-12-10(13)8-4-9(7(2)17-8)19(11,15)16/h4,6H,5H2,1-3H3,(H,12,13)(H2,11,15,16). The first-order chi connectivity index (χ1) is 8.62. The minimum absolute atomic E-state index is 0.0326. The largest absolute Gasteiger partial charge is 0.350 e. The molecule has 0 aliphatic rings. The van der Waals surface area contributed by atoms with Crippen molar-refractivity contribution in [3.05, 3.63) is 15.8 Å². The van der Waals surface area contributed by atoms with E-state index < -0.39 is 20.8 Å². The van der Waals surface area contributed by atoms with Crippen molar-refractivity contribution >= 4 is 38.1 Å². The fourth-order valence-corrected chi connectivity index (χ4v) is 3.68. The van der Waals surface area contributed by atoms with Crippen molar-refractivity contribution in [1.82, 2.24) is 5.32 Å². The molecule has 0 aliphatic carbocycles. The van der Waals surface area contributed by atoms with Crippen LogP contribution in [0.25, 0.3) is 0 Å². The van der Waals surface area contributed by atoms with Gasteiger partial charge in [-0.15, -0.1) is 11.3 Å². The molecule has 3 N–H and O–H groups in total. The first-order valence-electron chi connectivity index (χ1n) is 5.36. The zero-order valence-electron chi connectivity index (χ0n) is 10.8. The fourth-order valence-electron chi connectivity index (χ4n) is 1.30. The Labute approximate surface area is 118 Å². The molecule has 108 valence electrons. The van der Waals surface area contributed by atoms with Crippen molar-refractivity contribution < 1.29 is 17.4 Å². The Hall–Kier alpha value is -0.770. The number of aryl methyl sites for hydroxylation is 1. The van der Waals surface area contributed by atoms with E-state index in [0.717, 1.165) is 11.3 Å². The zero-order chi connectivity index (χ0) is 14.8. The van der Waals surface area contributed by atoms with Gasteiger partial charge in [-0.1, -0.05) is 0 Å². The molecular formula is C10H16N2O4S3. The van der Waals surface area contributed by atoms with E-state index in [9.17, 15) is 17.4 Å². The highest BCUT2D eigenvalue weighted by Gasteiger charge is 2.19. The topological polar surface area (TPSA) is 106 Å². The number of thiophene rings is 1. The summed E-state index contributed by atoms with van der Waals surface area (Å²) in [6.45, 7) is 3.61. The van der Waals surface area contributed by atoms with Gasteiger partial charge in [0, 0.05) is 33.7 Å².